The Bertz CT molecular complexity index is 695. The molecule has 0 aromatic carbocycles. The quantitative estimate of drug-likeness (QED) is 0.908. The Hall–Kier alpha value is -2.21. The average Bonchev–Trinajstić information content (AvgIpc) is 2.93. The summed E-state index contributed by atoms with van der Waals surface area (Å²) in [6, 6.07) is 3.34. The van der Waals surface area contributed by atoms with Crippen molar-refractivity contribution in [3.63, 3.8) is 0 Å². The maximum atomic E-state index is 13.9. The highest BCUT2D eigenvalue weighted by Gasteiger charge is 2.28. The van der Waals surface area contributed by atoms with Crippen LogP contribution in [0.5, 0.6) is 0 Å². The highest BCUT2D eigenvalue weighted by atomic mass is 19.1. The number of halogens is 1. The third-order valence-corrected chi connectivity index (χ3v) is 4.00. The predicted molar refractivity (Wildman–Crippen MR) is 82.2 cm³/mol. The van der Waals surface area contributed by atoms with Crippen molar-refractivity contribution < 1.29 is 9.18 Å². The van der Waals surface area contributed by atoms with Gasteiger partial charge >= 0.3 is 0 Å². The van der Waals surface area contributed by atoms with E-state index >= 15 is 0 Å². The van der Waals surface area contributed by atoms with Gasteiger partial charge in [-0.1, -0.05) is 0 Å². The van der Waals surface area contributed by atoms with Crippen molar-refractivity contribution in [3.05, 3.63) is 41.6 Å². The van der Waals surface area contributed by atoms with E-state index in [1.807, 2.05) is 14.1 Å². The van der Waals surface area contributed by atoms with Gasteiger partial charge in [0.25, 0.3) is 5.91 Å². The van der Waals surface area contributed by atoms with Crippen molar-refractivity contribution in [2.75, 3.05) is 27.2 Å². The summed E-state index contributed by atoms with van der Waals surface area (Å²) in [4.78, 5) is 21.2. The molecule has 0 fully saturated rings. The van der Waals surface area contributed by atoms with Gasteiger partial charge in [0, 0.05) is 35.6 Å². The van der Waals surface area contributed by atoms with E-state index in [1.165, 1.54) is 6.20 Å². The van der Waals surface area contributed by atoms with Crippen molar-refractivity contribution in [2.24, 2.45) is 0 Å². The van der Waals surface area contributed by atoms with Gasteiger partial charge in [0.1, 0.15) is 0 Å². The standard InChI is InChI=1S/C16H19FN4O/c1-21(2)6-4-10-8-19-16(22)12-7-14(20-15(10)12)11-3-5-18-9-13(11)17/h3,5,7,9-10,20H,4,6,8H2,1-2H3,(H,19,22). The summed E-state index contributed by atoms with van der Waals surface area (Å²) < 4.78 is 13.9. The number of nitrogens with zero attached hydrogens (tertiary/aromatic N) is 2. The third kappa shape index (κ3) is 2.74. The van der Waals surface area contributed by atoms with Crippen LogP contribution < -0.4 is 5.32 Å². The van der Waals surface area contributed by atoms with Gasteiger partial charge in [-0.15, -0.1) is 0 Å². The number of carbonyl (C=O) groups is 1. The van der Waals surface area contributed by atoms with E-state index in [0.29, 0.717) is 23.4 Å². The maximum Gasteiger partial charge on any atom is 0.253 e. The lowest BCUT2D eigenvalue weighted by Gasteiger charge is -2.24. The fraction of sp³-hybridized carbons (Fsp3) is 0.375. The van der Waals surface area contributed by atoms with Crippen LogP contribution in [0.3, 0.4) is 0 Å². The van der Waals surface area contributed by atoms with Crippen LogP contribution in [0, 0.1) is 5.82 Å². The van der Waals surface area contributed by atoms with Gasteiger partial charge in [0.2, 0.25) is 0 Å². The van der Waals surface area contributed by atoms with Crippen LogP contribution in [0.4, 0.5) is 4.39 Å². The van der Waals surface area contributed by atoms with Crippen LogP contribution in [-0.2, 0) is 0 Å². The lowest BCUT2D eigenvalue weighted by atomic mass is 9.94. The summed E-state index contributed by atoms with van der Waals surface area (Å²) in [5, 5.41) is 2.91. The molecule has 1 aliphatic rings. The third-order valence-electron chi connectivity index (χ3n) is 4.00. The zero-order chi connectivity index (χ0) is 15.7. The van der Waals surface area contributed by atoms with Gasteiger partial charge in [-0.3, -0.25) is 9.78 Å². The number of hydrogen-bond acceptors (Lipinski definition) is 3. The van der Waals surface area contributed by atoms with Gasteiger partial charge in [0.05, 0.1) is 11.8 Å². The number of rotatable bonds is 4. The van der Waals surface area contributed by atoms with E-state index in [4.69, 9.17) is 0 Å². The minimum atomic E-state index is -0.397. The molecule has 3 heterocycles. The molecule has 0 radical (unpaired) electrons. The molecule has 0 saturated carbocycles. The molecule has 1 amide bonds. The zero-order valence-electron chi connectivity index (χ0n) is 12.7. The van der Waals surface area contributed by atoms with Crippen LogP contribution in [-0.4, -0.2) is 48.0 Å². The van der Waals surface area contributed by atoms with Crippen molar-refractivity contribution in [3.8, 4) is 11.3 Å². The van der Waals surface area contributed by atoms with Crippen LogP contribution in [0.1, 0.15) is 28.4 Å². The Labute approximate surface area is 128 Å². The zero-order valence-corrected chi connectivity index (χ0v) is 12.7. The molecule has 116 valence electrons. The van der Waals surface area contributed by atoms with E-state index in [0.717, 1.165) is 18.7 Å². The van der Waals surface area contributed by atoms with Crippen molar-refractivity contribution in [1.82, 2.24) is 20.2 Å². The molecule has 0 saturated heterocycles. The topological polar surface area (TPSA) is 61.0 Å². The lowest BCUT2D eigenvalue weighted by Crippen LogP contribution is -2.35. The van der Waals surface area contributed by atoms with Crippen molar-refractivity contribution >= 4 is 5.91 Å². The monoisotopic (exact) mass is 302 g/mol. The normalized spacial score (nSPS) is 17.5. The molecule has 2 aromatic heterocycles. The van der Waals surface area contributed by atoms with Crippen molar-refractivity contribution in [1.29, 1.82) is 0 Å². The summed E-state index contributed by atoms with van der Waals surface area (Å²) in [6.45, 7) is 1.54. The number of H-pyrrole nitrogens is 1. The first-order valence-corrected chi connectivity index (χ1v) is 7.32. The first-order valence-electron chi connectivity index (χ1n) is 7.32. The highest BCUT2D eigenvalue weighted by molar-refractivity contribution is 5.98. The highest BCUT2D eigenvalue weighted by Crippen LogP contribution is 2.31. The number of fused-ring (bicyclic) bond motifs is 1. The van der Waals surface area contributed by atoms with E-state index in [9.17, 15) is 9.18 Å². The van der Waals surface area contributed by atoms with Gasteiger partial charge in [-0.2, -0.15) is 0 Å². The molecule has 3 rings (SSSR count). The number of hydrogen-bond donors (Lipinski definition) is 2. The molecule has 5 nitrogen and oxygen atoms in total. The summed E-state index contributed by atoms with van der Waals surface area (Å²) >= 11 is 0. The van der Waals surface area contributed by atoms with Crippen LogP contribution in [0.15, 0.2) is 24.5 Å². The van der Waals surface area contributed by atoms with Gasteiger partial charge < -0.3 is 15.2 Å². The molecule has 1 aliphatic heterocycles. The predicted octanol–water partition coefficient (Wildman–Crippen LogP) is 1.99. The Morgan fingerprint density at radius 3 is 2.95 bits per heavy atom. The number of pyridine rings is 1. The van der Waals surface area contributed by atoms with Crippen molar-refractivity contribution in [2.45, 2.75) is 12.3 Å². The second-order valence-electron chi connectivity index (χ2n) is 5.86. The van der Waals surface area contributed by atoms with Gasteiger partial charge in [-0.25, -0.2) is 4.39 Å². The Balaban J connectivity index is 1.96. The summed E-state index contributed by atoms with van der Waals surface area (Å²) in [5.74, 6) is -0.284. The molecule has 6 heteroatoms. The van der Waals surface area contributed by atoms with Gasteiger partial charge in [-0.05, 0) is 39.2 Å². The van der Waals surface area contributed by atoms with E-state index in [-0.39, 0.29) is 11.8 Å². The van der Waals surface area contributed by atoms with E-state index in [1.54, 1.807) is 18.3 Å². The molecule has 1 atom stereocenters. The molecule has 0 bridgehead atoms. The second-order valence-corrected chi connectivity index (χ2v) is 5.86. The summed E-state index contributed by atoms with van der Waals surface area (Å²) in [7, 11) is 4.05. The number of carbonyl (C=O) groups excluding carboxylic acids is 1. The minimum absolute atomic E-state index is 0.104. The number of nitrogens with one attached hydrogen (secondary N) is 2. The van der Waals surface area contributed by atoms with Crippen LogP contribution >= 0.6 is 0 Å². The molecule has 0 spiro atoms. The molecule has 1 unspecified atom stereocenters. The molecular formula is C16H19FN4O. The Kier molecular flexibility index (Phi) is 3.94. The maximum absolute atomic E-state index is 13.9. The van der Waals surface area contributed by atoms with Crippen LogP contribution in [0.25, 0.3) is 11.3 Å². The summed E-state index contributed by atoms with van der Waals surface area (Å²) in [5.41, 5.74) is 2.57. The van der Waals surface area contributed by atoms with Crippen LogP contribution in [0.2, 0.25) is 0 Å². The molecule has 2 N–H and O–H groups in total. The molecule has 2 aromatic rings. The fourth-order valence-corrected chi connectivity index (χ4v) is 2.79. The molecule has 0 aliphatic carbocycles. The smallest absolute Gasteiger partial charge is 0.253 e. The number of amides is 1. The first-order chi connectivity index (χ1) is 10.6. The Morgan fingerprint density at radius 1 is 1.41 bits per heavy atom. The second kappa shape index (κ2) is 5.88. The van der Waals surface area contributed by atoms with Gasteiger partial charge in [0.15, 0.2) is 5.82 Å². The largest absolute Gasteiger partial charge is 0.357 e. The number of aromatic amines is 1. The fourth-order valence-electron chi connectivity index (χ4n) is 2.79. The minimum Gasteiger partial charge on any atom is -0.357 e. The Morgan fingerprint density at radius 2 is 2.23 bits per heavy atom. The average molecular weight is 302 g/mol. The van der Waals surface area contributed by atoms with E-state index < -0.39 is 5.82 Å². The first kappa shape index (κ1) is 14.7. The SMILES string of the molecule is CN(C)CCC1CNC(=O)c2cc(-c3ccncc3F)[nH]c21. The molecular weight excluding hydrogens is 283 g/mol. The number of aromatic nitrogens is 2. The summed E-state index contributed by atoms with van der Waals surface area (Å²) in [6.07, 6.45) is 3.65. The van der Waals surface area contributed by atoms with E-state index in [2.05, 4.69) is 20.2 Å². The lowest BCUT2D eigenvalue weighted by molar-refractivity contribution is 0.0938. The molecule has 22 heavy (non-hydrogen) atoms.